The van der Waals surface area contributed by atoms with Gasteiger partial charge in [0.05, 0.1) is 6.54 Å². The molecule has 0 aromatic carbocycles. The molecule has 24 heavy (non-hydrogen) atoms. The largest absolute Gasteiger partial charge is 0.406 e. The normalized spacial score (nSPS) is 24.8. The van der Waals surface area contributed by atoms with Gasteiger partial charge in [0.1, 0.15) is 6.54 Å². The lowest BCUT2D eigenvalue weighted by Crippen LogP contribution is -2.49. The second-order valence-corrected chi connectivity index (χ2v) is 6.55. The van der Waals surface area contributed by atoms with Gasteiger partial charge in [0.25, 0.3) is 0 Å². The number of likely N-dealkylation sites (N-methyl/N-ethyl adjacent to an activating group) is 1. The number of nitrogens with one attached hydrogen (secondary N) is 2. The van der Waals surface area contributed by atoms with Gasteiger partial charge >= 0.3 is 6.18 Å². The van der Waals surface area contributed by atoms with Crippen molar-refractivity contribution < 1.29 is 18.0 Å². The van der Waals surface area contributed by atoms with Gasteiger partial charge in [0, 0.05) is 20.1 Å². The van der Waals surface area contributed by atoms with Crippen molar-refractivity contribution in [2.24, 2.45) is 16.8 Å². The van der Waals surface area contributed by atoms with Gasteiger partial charge in [-0.05, 0) is 31.1 Å². The maximum Gasteiger partial charge on any atom is 0.406 e. The van der Waals surface area contributed by atoms with E-state index in [1.807, 2.05) is 0 Å². The number of carbonyl (C=O) groups excluding carboxylic acids is 1. The van der Waals surface area contributed by atoms with Gasteiger partial charge < -0.3 is 15.5 Å². The van der Waals surface area contributed by atoms with E-state index in [0.717, 1.165) is 19.9 Å². The summed E-state index contributed by atoms with van der Waals surface area (Å²) in [6.07, 6.45) is -1.15. The van der Waals surface area contributed by atoms with Crippen molar-refractivity contribution in [3.63, 3.8) is 0 Å². The van der Waals surface area contributed by atoms with Crippen LogP contribution < -0.4 is 10.6 Å². The Balaban J connectivity index is 0.00000529. The molecule has 1 rings (SSSR count). The highest BCUT2D eigenvalue weighted by Gasteiger charge is 2.31. The van der Waals surface area contributed by atoms with Crippen LogP contribution in [0.3, 0.4) is 0 Å². The fourth-order valence-electron chi connectivity index (χ4n) is 3.10. The first-order chi connectivity index (χ1) is 10.6. The quantitative estimate of drug-likeness (QED) is 0.382. The van der Waals surface area contributed by atoms with Crippen molar-refractivity contribution in [2.45, 2.75) is 45.3 Å². The highest BCUT2D eigenvalue weighted by atomic mass is 127. The van der Waals surface area contributed by atoms with Crippen molar-refractivity contribution in [1.82, 2.24) is 15.5 Å². The molecule has 0 aliphatic heterocycles. The average molecular weight is 464 g/mol. The molecule has 0 spiro atoms. The van der Waals surface area contributed by atoms with E-state index in [2.05, 4.69) is 29.5 Å². The van der Waals surface area contributed by atoms with Crippen LogP contribution in [0.25, 0.3) is 0 Å². The monoisotopic (exact) mass is 464 g/mol. The van der Waals surface area contributed by atoms with Gasteiger partial charge in [-0.15, -0.1) is 24.0 Å². The van der Waals surface area contributed by atoms with E-state index in [0.29, 0.717) is 22.7 Å². The molecule has 1 saturated carbocycles. The van der Waals surface area contributed by atoms with Gasteiger partial charge in [-0.1, -0.05) is 13.8 Å². The lowest BCUT2D eigenvalue weighted by Gasteiger charge is -2.33. The van der Waals surface area contributed by atoms with Gasteiger partial charge in [-0.3, -0.25) is 9.79 Å². The molecule has 0 radical (unpaired) electrons. The SMILES string of the molecule is CN=C(NCC(=O)N(C)CC(F)(F)F)NC1CC(C)CC(C)C1.I. The fourth-order valence-corrected chi connectivity index (χ4v) is 3.10. The lowest BCUT2D eigenvalue weighted by atomic mass is 9.80. The summed E-state index contributed by atoms with van der Waals surface area (Å²) in [5.41, 5.74) is 0. The molecule has 0 aromatic rings. The Morgan fingerprint density at radius 3 is 2.21 bits per heavy atom. The number of guanidine groups is 1. The summed E-state index contributed by atoms with van der Waals surface area (Å²) in [5.74, 6) is 1.06. The third-order valence-electron chi connectivity index (χ3n) is 3.99. The molecule has 2 N–H and O–H groups in total. The van der Waals surface area contributed by atoms with Gasteiger partial charge in [-0.25, -0.2) is 0 Å². The van der Waals surface area contributed by atoms with Crippen molar-refractivity contribution in [2.75, 3.05) is 27.2 Å². The molecule has 0 heterocycles. The van der Waals surface area contributed by atoms with Crippen molar-refractivity contribution in [3.8, 4) is 0 Å². The summed E-state index contributed by atoms with van der Waals surface area (Å²) < 4.78 is 36.8. The van der Waals surface area contributed by atoms with E-state index < -0.39 is 18.6 Å². The third kappa shape index (κ3) is 8.93. The second-order valence-electron chi connectivity index (χ2n) is 6.55. The van der Waals surface area contributed by atoms with Crippen LogP contribution in [0.4, 0.5) is 13.2 Å². The summed E-state index contributed by atoms with van der Waals surface area (Å²) in [6, 6.07) is 0.267. The number of aliphatic imine (C=N–C) groups is 1. The molecule has 9 heteroatoms. The highest BCUT2D eigenvalue weighted by molar-refractivity contribution is 14.0. The van der Waals surface area contributed by atoms with E-state index in [1.165, 1.54) is 6.42 Å². The maximum absolute atomic E-state index is 12.3. The van der Waals surface area contributed by atoms with E-state index in [1.54, 1.807) is 7.05 Å². The van der Waals surface area contributed by atoms with Crippen molar-refractivity contribution >= 4 is 35.8 Å². The Labute approximate surface area is 158 Å². The molecule has 2 atom stereocenters. The Morgan fingerprint density at radius 2 is 1.75 bits per heavy atom. The van der Waals surface area contributed by atoms with E-state index in [9.17, 15) is 18.0 Å². The predicted molar refractivity (Wildman–Crippen MR) is 99.6 cm³/mol. The minimum atomic E-state index is -4.39. The second kappa shape index (κ2) is 10.3. The molecule has 5 nitrogen and oxygen atoms in total. The summed E-state index contributed by atoms with van der Waals surface area (Å²) in [6.45, 7) is 2.94. The zero-order valence-corrected chi connectivity index (χ0v) is 16.9. The lowest BCUT2D eigenvalue weighted by molar-refractivity contribution is -0.157. The van der Waals surface area contributed by atoms with Gasteiger partial charge in [0.2, 0.25) is 5.91 Å². The van der Waals surface area contributed by atoms with Crippen molar-refractivity contribution in [3.05, 3.63) is 0 Å². The number of alkyl halides is 3. The first kappa shape index (κ1) is 23.3. The Bertz CT molecular complexity index is 421. The number of rotatable bonds is 4. The molecule has 142 valence electrons. The molecular formula is C15H28F3IN4O. The van der Waals surface area contributed by atoms with Crippen LogP contribution in [0, 0.1) is 11.8 Å². The fraction of sp³-hybridized carbons (Fsp3) is 0.867. The smallest absolute Gasteiger partial charge is 0.354 e. The molecule has 1 aliphatic carbocycles. The summed E-state index contributed by atoms with van der Waals surface area (Å²) in [7, 11) is 2.72. The Kier molecular flexibility index (Phi) is 9.98. The number of hydrogen-bond donors (Lipinski definition) is 2. The topological polar surface area (TPSA) is 56.7 Å². The van der Waals surface area contributed by atoms with Gasteiger partial charge in [-0.2, -0.15) is 13.2 Å². The molecule has 1 amide bonds. The average Bonchev–Trinajstić information content (AvgIpc) is 2.39. The first-order valence-corrected chi connectivity index (χ1v) is 7.88. The van der Waals surface area contributed by atoms with Crippen LogP contribution in [-0.2, 0) is 4.79 Å². The zero-order chi connectivity index (χ0) is 17.6. The van der Waals surface area contributed by atoms with Crippen molar-refractivity contribution in [1.29, 1.82) is 0 Å². The van der Waals surface area contributed by atoms with Crippen LogP contribution in [0.2, 0.25) is 0 Å². The Hall–Kier alpha value is -0.740. The maximum atomic E-state index is 12.3. The molecular weight excluding hydrogens is 436 g/mol. The number of halogens is 4. The summed E-state index contributed by atoms with van der Waals surface area (Å²) in [5, 5.41) is 6.05. The van der Waals surface area contributed by atoms with Crippen LogP contribution >= 0.6 is 24.0 Å². The molecule has 1 aliphatic rings. The first-order valence-electron chi connectivity index (χ1n) is 7.88. The van der Waals surface area contributed by atoms with Crippen LogP contribution in [0.1, 0.15) is 33.1 Å². The Morgan fingerprint density at radius 1 is 1.21 bits per heavy atom. The molecule has 2 unspecified atom stereocenters. The number of amides is 1. The predicted octanol–water partition coefficient (Wildman–Crippen LogP) is 2.61. The van der Waals surface area contributed by atoms with Crippen LogP contribution in [-0.4, -0.2) is 56.2 Å². The molecule has 0 bridgehead atoms. The summed E-state index contributed by atoms with van der Waals surface area (Å²) in [4.78, 5) is 16.4. The van der Waals surface area contributed by atoms with Crippen LogP contribution in [0.5, 0.6) is 0 Å². The van der Waals surface area contributed by atoms with Gasteiger partial charge in [0.15, 0.2) is 5.96 Å². The minimum Gasteiger partial charge on any atom is -0.354 e. The van der Waals surface area contributed by atoms with E-state index in [4.69, 9.17) is 0 Å². The highest BCUT2D eigenvalue weighted by Crippen LogP contribution is 2.28. The standard InChI is InChI=1S/C15H27F3N4O.HI/c1-10-5-11(2)7-12(6-10)21-14(19-3)20-8-13(23)22(4)9-15(16,17)18;/h10-12H,5-9H2,1-4H3,(H2,19,20,21);1H. The van der Waals surface area contributed by atoms with E-state index in [-0.39, 0.29) is 36.6 Å². The number of hydrogen-bond acceptors (Lipinski definition) is 2. The molecule has 0 saturated heterocycles. The van der Waals surface area contributed by atoms with E-state index >= 15 is 0 Å². The summed E-state index contributed by atoms with van der Waals surface area (Å²) >= 11 is 0. The minimum absolute atomic E-state index is 0. The molecule has 0 aromatic heterocycles. The molecule has 1 fully saturated rings. The number of carbonyl (C=O) groups is 1. The number of nitrogens with zero attached hydrogens (tertiary/aromatic N) is 2. The van der Waals surface area contributed by atoms with Crippen LogP contribution in [0.15, 0.2) is 4.99 Å². The third-order valence-corrected chi connectivity index (χ3v) is 3.99. The zero-order valence-electron chi connectivity index (χ0n) is 14.6.